The Morgan fingerprint density at radius 2 is 1.76 bits per heavy atom. The van der Waals surface area contributed by atoms with E-state index in [0.29, 0.717) is 6.54 Å². The molecule has 1 aromatic carbocycles. The van der Waals surface area contributed by atoms with Crippen LogP contribution >= 0.6 is 27.3 Å². The Morgan fingerprint density at radius 3 is 2.38 bits per heavy atom. The Kier molecular flexibility index (Phi) is 4.73. The highest BCUT2D eigenvalue weighted by atomic mass is 79.9. The number of thiophene rings is 1. The number of carbonyl (C=O) groups excluding carboxylic acids is 1. The summed E-state index contributed by atoms with van der Waals surface area (Å²) in [7, 11) is 0. The van der Waals surface area contributed by atoms with Crippen molar-refractivity contribution >= 4 is 38.7 Å². The van der Waals surface area contributed by atoms with E-state index in [1.54, 1.807) is 0 Å². The highest BCUT2D eigenvalue weighted by Gasteiger charge is 2.20. The number of benzene rings is 1. The van der Waals surface area contributed by atoms with Crippen molar-refractivity contribution in [3.63, 3.8) is 0 Å². The first-order valence-corrected chi connectivity index (χ1v) is 8.64. The molecule has 0 bridgehead atoms. The highest BCUT2D eigenvalue weighted by molar-refractivity contribution is 9.11. The predicted octanol–water partition coefficient (Wildman–Crippen LogP) is 3.52. The van der Waals surface area contributed by atoms with Crippen LogP contribution in [0.2, 0.25) is 0 Å². The van der Waals surface area contributed by atoms with Gasteiger partial charge in [-0.05, 0) is 40.2 Å². The molecule has 3 rings (SSSR count). The van der Waals surface area contributed by atoms with Gasteiger partial charge in [0.25, 0.3) is 0 Å². The topological polar surface area (TPSA) is 23.6 Å². The van der Waals surface area contributed by atoms with E-state index in [-0.39, 0.29) is 5.78 Å². The average molecular weight is 365 g/mol. The number of hydrogen-bond donors (Lipinski definition) is 0. The molecule has 1 fully saturated rings. The molecule has 0 N–H and O–H groups in total. The zero-order valence-corrected chi connectivity index (χ0v) is 14.1. The van der Waals surface area contributed by atoms with Crippen molar-refractivity contribution in [3.8, 4) is 0 Å². The van der Waals surface area contributed by atoms with Gasteiger partial charge in [0.1, 0.15) is 0 Å². The summed E-state index contributed by atoms with van der Waals surface area (Å²) >= 11 is 4.92. The van der Waals surface area contributed by atoms with Crippen LogP contribution in [0.25, 0.3) is 0 Å². The summed E-state index contributed by atoms with van der Waals surface area (Å²) < 4.78 is 1.01. The van der Waals surface area contributed by atoms with E-state index in [9.17, 15) is 4.79 Å². The van der Waals surface area contributed by atoms with Gasteiger partial charge in [0.05, 0.1) is 15.2 Å². The van der Waals surface area contributed by atoms with Crippen molar-refractivity contribution in [2.24, 2.45) is 0 Å². The molecule has 21 heavy (non-hydrogen) atoms. The van der Waals surface area contributed by atoms with Gasteiger partial charge in [-0.1, -0.05) is 18.2 Å². The number of ketones is 1. The first kappa shape index (κ1) is 14.8. The second-order valence-electron chi connectivity index (χ2n) is 5.13. The molecule has 3 nitrogen and oxygen atoms in total. The number of halogens is 1. The van der Waals surface area contributed by atoms with Crippen LogP contribution in [0, 0.1) is 0 Å². The van der Waals surface area contributed by atoms with Gasteiger partial charge in [0, 0.05) is 31.9 Å². The number of para-hydroxylation sites is 1. The van der Waals surface area contributed by atoms with E-state index in [2.05, 4.69) is 50.0 Å². The maximum absolute atomic E-state index is 12.2. The summed E-state index contributed by atoms with van der Waals surface area (Å²) in [6, 6.07) is 14.3. The molecule has 2 aromatic rings. The molecular weight excluding hydrogens is 348 g/mol. The molecule has 1 aliphatic heterocycles. The Labute approximate surface area is 137 Å². The zero-order valence-electron chi connectivity index (χ0n) is 11.7. The van der Waals surface area contributed by atoms with Crippen LogP contribution in [-0.4, -0.2) is 43.4 Å². The van der Waals surface area contributed by atoms with Crippen LogP contribution in [0.4, 0.5) is 5.69 Å². The smallest absolute Gasteiger partial charge is 0.186 e. The monoisotopic (exact) mass is 364 g/mol. The molecular formula is C16H17BrN2OS. The number of anilines is 1. The van der Waals surface area contributed by atoms with E-state index >= 15 is 0 Å². The lowest BCUT2D eigenvalue weighted by Crippen LogP contribution is -2.47. The SMILES string of the molecule is O=C(CN1CCN(c2ccccc2)CC1)c1ccc(Br)s1. The van der Waals surface area contributed by atoms with Gasteiger partial charge < -0.3 is 4.90 Å². The van der Waals surface area contributed by atoms with Crippen molar-refractivity contribution in [1.29, 1.82) is 0 Å². The fourth-order valence-corrected chi connectivity index (χ4v) is 3.86. The fourth-order valence-electron chi connectivity index (χ4n) is 2.55. The van der Waals surface area contributed by atoms with Crippen LogP contribution in [0.3, 0.4) is 0 Å². The maximum Gasteiger partial charge on any atom is 0.186 e. The molecule has 5 heteroatoms. The fraction of sp³-hybridized carbons (Fsp3) is 0.312. The summed E-state index contributed by atoms with van der Waals surface area (Å²) in [5.74, 6) is 0.221. The first-order chi connectivity index (χ1) is 10.2. The third-order valence-corrected chi connectivity index (χ3v) is 5.37. The van der Waals surface area contributed by atoms with Gasteiger partial charge in [-0.3, -0.25) is 9.69 Å². The first-order valence-electron chi connectivity index (χ1n) is 7.03. The number of Topliss-reactive ketones (excluding diaryl/α,β-unsaturated/α-hetero) is 1. The van der Waals surface area contributed by atoms with Crippen LogP contribution in [-0.2, 0) is 0 Å². The Bertz CT molecular complexity index is 606. The van der Waals surface area contributed by atoms with Crippen LogP contribution in [0.1, 0.15) is 9.67 Å². The third-order valence-electron chi connectivity index (χ3n) is 3.71. The summed E-state index contributed by atoms with van der Waals surface area (Å²) in [6.45, 7) is 4.35. The van der Waals surface area contributed by atoms with E-state index < -0.39 is 0 Å². The summed E-state index contributed by atoms with van der Waals surface area (Å²) in [5, 5.41) is 0. The molecule has 0 radical (unpaired) electrons. The minimum absolute atomic E-state index is 0.221. The van der Waals surface area contributed by atoms with Crippen molar-refractivity contribution in [2.75, 3.05) is 37.6 Å². The van der Waals surface area contributed by atoms with Gasteiger partial charge in [-0.2, -0.15) is 0 Å². The third kappa shape index (κ3) is 3.73. The summed E-state index contributed by atoms with van der Waals surface area (Å²) in [6.07, 6.45) is 0. The van der Waals surface area contributed by atoms with Crippen LogP contribution < -0.4 is 4.90 Å². The maximum atomic E-state index is 12.2. The number of carbonyl (C=O) groups is 1. The quantitative estimate of drug-likeness (QED) is 0.775. The molecule has 1 saturated heterocycles. The number of hydrogen-bond acceptors (Lipinski definition) is 4. The molecule has 1 aromatic heterocycles. The van der Waals surface area contributed by atoms with E-state index in [0.717, 1.165) is 34.8 Å². The standard InChI is InChI=1S/C16H17BrN2OS/c17-16-7-6-15(21-16)14(20)12-18-8-10-19(11-9-18)13-4-2-1-3-5-13/h1-7H,8-12H2. The number of piperazine rings is 1. The van der Waals surface area contributed by atoms with Gasteiger partial charge in [0.2, 0.25) is 0 Å². The average Bonchev–Trinajstić information content (AvgIpc) is 2.96. The Hall–Kier alpha value is -1.17. The minimum Gasteiger partial charge on any atom is -0.369 e. The molecule has 2 heterocycles. The second kappa shape index (κ2) is 6.73. The number of rotatable bonds is 4. The van der Waals surface area contributed by atoms with E-state index in [1.807, 2.05) is 18.2 Å². The van der Waals surface area contributed by atoms with Crippen molar-refractivity contribution < 1.29 is 4.79 Å². The Balaban J connectivity index is 1.53. The lowest BCUT2D eigenvalue weighted by atomic mass is 10.2. The zero-order chi connectivity index (χ0) is 14.7. The van der Waals surface area contributed by atoms with Gasteiger partial charge in [-0.15, -0.1) is 11.3 Å². The summed E-state index contributed by atoms with van der Waals surface area (Å²) in [5.41, 5.74) is 1.27. The lowest BCUT2D eigenvalue weighted by Gasteiger charge is -2.35. The molecule has 110 valence electrons. The largest absolute Gasteiger partial charge is 0.369 e. The highest BCUT2D eigenvalue weighted by Crippen LogP contribution is 2.23. The van der Waals surface area contributed by atoms with E-state index in [1.165, 1.54) is 17.0 Å². The molecule has 0 amide bonds. The minimum atomic E-state index is 0.221. The molecule has 0 unspecified atom stereocenters. The van der Waals surface area contributed by atoms with E-state index in [4.69, 9.17) is 0 Å². The summed E-state index contributed by atoms with van der Waals surface area (Å²) in [4.78, 5) is 17.7. The predicted molar refractivity (Wildman–Crippen MR) is 91.4 cm³/mol. The molecule has 0 atom stereocenters. The Morgan fingerprint density at radius 1 is 1.05 bits per heavy atom. The molecule has 0 aliphatic carbocycles. The number of nitrogens with zero attached hydrogens (tertiary/aromatic N) is 2. The van der Waals surface area contributed by atoms with Gasteiger partial charge in [-0.25, -0.2) is 0 Å². The van der Waals surface area contributed by atoms with Crippen molar-refractivity contribution in [3.05, 3.63) is 51.1 Å². The second-order valence-corrected chi connectivity index (χ2v) is 7.59. The van der Waals surface area contributed by atoms with Crippen LogP contribution in [0.15, 0.2) is 46.3 Å². The molecule has 0 spiro atoms. The molecule has 0 saturated carbocycles. The van der Waals surface area contributed by atoms with Crippen molar-refractivity contribution in [1.82, 2.24) is 4.90 Å². The normalized spacial score (nSPS) is 16.1. The van der Waals surface area contributed by atoms with Crippen molar-refractivity contribution in [2.45, 2.75) is 0 Å². The van der Waals surface area contributed by atoms with Gasteiger partial charge in [0.15, 0.2) is 5.78 Å². The molecule has 1 aliphatic rings. The lowest BCUT2D eigenvalue weighted by molar-refractivity contribution is 0.0930. The van der Waals surface area contributed by atoms with Gasteiger partial charge >= 0.3 is 0 Å². The van der Waals surface area contributed by atoms with Crippen LogP contribution in [0.5, 0.6) is 0 Å².